The Hall–Kier alpha value is -1.66. The maximum Gasteiger partial charge on any atom is 0.283 e. The Balaban J connectivity index is 2.25. The van der Waals surface area contributed by atoms with Crippen LogP contribution in [0.15, 0.2) is 18.2 Å². The molecule has 1 aromatic carbocycles. The number of hydrogen-bond acceptors (Lipinski definition) is 4. The van der Waals surface area contributed by atoms with Gasteiger partial charge in [-0.1, -0.05) is 17.7 Å². The minimum atomic E-state index is -0.603. The molecule has 96 valence electrons. The van der Waals surface area contributed by atoms with Crippen molar-refractivity contribution < 1.29 is 9.72 Å². The quantitative estimate of drug-likeness (QED) is 0.641. The standard InChI is InChI=1S/C11H12ClN3O3/c12-8-2-1-3-9(15(17)18)10(8)11(16)14-7-4-5-13-6-7/h1-3,7,13H,4-6H2,(H,14,16)/t7-/m0/s1. The Morgan fingerprint density at radius 3 is 2.94 bits per heavy atom. The van der Waals surface area contributed by atoms with Crippen molar-refractivity contribution in [3.63, 3.8) is 0 Å². The number of nitro groups is 1. The lowest BCUT2D eigenvalue weighted by Gasteiger charge is -2.12. The van der Waals surface area contributed by atoms with Crippen LogP contribution in [0, 0.1) is 10.1 Å². The molecule has 1 saturated heterocycles. The zero-order valence-electron chi connectivity index (χ0n) is 9.48. The summed E-state index contributed by atoms with van der Waals surface area (Å²) >= 11 is 5.87. The fraction of sp³-hybridized carbons (Fsp3) is 0.364. The second kappa shape index (κ2) is 5.32. The molecule has 1 heterocycles. The summed E-state index contributed by atoms with van der Waals surface area (Å²) in [5.74, 6) is -0.499. The molecule has 0 bridgehead atoms. The van der Waals surface area contributed by atoms with E-state index in [-0.39, 0.29) is 22.3 Å². The molecule has 1 atom stereocenters. The monoisotopic (exact) mass is 269 g/mol. The van der Waals surface area contributed by atoms with Gasteiger partial charge in [-0.3, -0.25) is 14.9 Å². The average Bonchev–Trinajstić information content (AvgIpc) is 2.81. The Kier molecular flexibility index (Phi) is 3.78. The summed E-state index contributed by atoms with van der Waals surface area (Å²) < 4.78 is 0. The van der Waals surface area contributed by atoms with Gasteiger partial charge in [0.1, 0.15) is 5.56 Å². The third-order valence-corrected chi connectivity index (χ3v) is 3.13. The van der Waals surface area contributed by atoms with E-state index in [9.17, 15) is 14.9 Å². The van der Waals surface area contributed by atoms with Crippen molar-refractivity contribution in [2.75, 3.05) is 13.1 Å². The van der Waals surface area contributed by atoms with Crippen LogP contribution >= 0.6 is 11.6 Å². The molecule has 0 unspecified atom stereocenters. The Morgan fingerprint density at radius 1 is 1.56 bits per heavy atom. The molecule has 2 N–H and O–H groups in total. The van der Waals surface area contributed by atoms with Gasteiger partial charge in [-0.15, -0.1) is 0 Å². The van der Waals surface area contributed by atoms with Gasteiger partial charge in [-0.05, 0) is 19.0 Å². The minimum Gasteiger partial charge on any atom is -0.348 e. The number of nitro benzene ring substituents is 1. The van der Waals surface area contributed by atoms with Gasteiger partial charge in [-0.25, -0.2) is 0 Å². The number of carbonyl (C=O) groups excluding carboxylic acids is 1. The molecule has 7 heteroatoms. The number of carbonyl (C=O) groups is 1. The lowest BCUT2D eigenvalue weighted by molar-refractivity contribution is -0.385. The first-order valence-corrected chi connectivity index (χ1v) is 5.92. The van der Waals surface area contributed by atoms with Crippen LogP contribution < -0.4 is 10.6 Å². The molecule has 2 rings (SSSR count). The van der Waals surface area contributed by atoms with Gasteiger partial charge in [0.05, 0.1) is 9.95 Å². The molecule has 1 fully saturated rings. The average molecular weight is 270 g/mol. The second-order valence-corrected chi connectivity index (χ2v) is 4.46. The van der Waals surface area contributed by atoms with Gasteiger partial charge in [0, 0.05) is 18.7 Å². The van der Waals surface area contributed by atoms with Gasteiger partial charge in [0.2, 0.25) is 0 Å². The molecule has 1 amide bonds. The molecule has 1 aromatic rings. The maximum absolute atomic E-state index is 12.0. The molecule has 0 aliphatic carbocycles. The van der Waals surface area contributed by atoms with E-state index in [0.717, 1.165) is 13.0 Å². The number of halogens is 1. The maximum atomic E-state index is 12.0. The molecule has 1 aliphatic rings. The Labute approximate surface area is 108 Å². The van der Waals surface area contributed by atoms with Crippen LogP contribution in [0.4, 0.5) is 5.69 Å². The molecule has 18 heavy (non-hydrogen) atoms. The lowest BCUT2D eigenvalue weighted by atomic mass is 10.1. The second-order valence-electron chi connectivity index (χ2n) is 4.05. The first kappa shape index (κ1) is 12.8. The van der Waals surface area contributed by atoms with Crippen LogP contribution in [0.2, 0.25) is 5.02 Å². The van der Waals surface area contributed by atoms with Crippen molar-refractivity contribution in [2.24, 2.45) is 0 Å². The van der Waals surface area contributed by atoms with Crippen molar-refractivity contribution >= 4 is 23.2 Å². The molecular weight excluding hydrogens is 258 g/mol. The number of rotatable bonds is 3. The van der Waals surface area contributed by atoms with E-state index in [2.05, 4.69) is 10.6 Å². The third-order valence-electron chi connectivity index (χ3n) is 2.81. The summed E-state index contributed by atoms with van der Waals surface area (Å²) in [7, 11) is 0. The van der Waals surface area contributed by atoms with Crippen LogP contribution in [0.5, 0.6) is 0 Å². The van der Waals surface area contributed by atoms with Crippen molar-refractivity contribution in [2.45, 2.75) is 12.5 Å². The summed E-state index contributed by atoms with van der Waals surface area (Å²) in [5.41, 5.74) is -0.345. The number of hydrogen-bond donors (Lipinski definition) is 2. The summed E-state index contributed by atoms with van der Waals surface area (Å²) in [5, 5.41) is 16.8. The van der Waals surface area contributed by atoms with E-state index >= 15 is 0 Å². The number of nitrogens with zero attached hydrogens (tertiary/aromatic N) is 1. The van der Waals surface area contributed by atoms with Gasteiger partial charge in [-0.2, -0.15) is 0 Å². The van der Waals surface area contributed by atoms with Crippen LogP contribution in [-0.2, 0) is 0 Å². The van der Waals surface area contributed by atoms with Gasteiger partial charge in [0.15, 0.2) is 0 Å². The first-order valence-electron chi connectivity index (χ1n) is 5.54. The fourth-order valence-electron chi connectivity index (χ4n) is 1.93. The number of benzene rings is 1. The molecular formula is C11H12ClN3O3. The highest BCUT2D eigenvalue weighted by molar-refractivity contribution is 6.34. The van der Waals surface area contributed by atoms with Gasteiger partial charge < -0.3 is 10.6 Å². The molecule has 0 spiro atoms. The topological polar surface area (TPSA) is 84.3 Å². The highest BCUT2D eigenvalue weighted by Gasteiger charge is 2.26. The summed E-state index contributed by atoms with van der Waals surface area (Å²) in [6.07, 6.45) is 0.810. The number of amides is 1. The summed E-state index contributed by atoms with van der Waals surface area (Å²) in [6.45, 7) is 1.50. The van der Waals surface area contributed by atoms with E-state index in [4.69, 9.17) is 11.6 Å². The van der Waals surface area contributed by atoms with Gasteiger partial charge >= 0.3 is 0 Å². The minimum absolute atomic E-state index is 0.00613. The van der Waals surface area contributed by atoms with E-state index < -0.39 is 10.8 Å². The van der Waals surface area contributed by atoms with Crippen LogP contribution in [0.1, 0.15) is 16.8 Å². The number of nitrogens with one attached hydrogen (secondary N) is 2. The normalized spacial score (nSPS) is 18.6. The predicted octanol–water partition coefficient (Wildman–Crippen LogP) is 1.34. The molecule has 0 saturated carbocycles. The molecule has 0 aromatic heterocycles. The zero-order valence-corrected chi connectivity index (χ0v) is 10.2. The Morgan fingerprint density at radius 2 is 2.33 bits per heavy atom. The highest BCUT2D eigenvalue weighted by atomic mass is 35.5. The van der Waals surface area contributed by atoms with E-state index in [1.54, 1.807) is 0 Å². The lowest BCUT2D eigenvalue weighted by Crippen LogP contribution is -2.36. The smallest absolute Gasteiger partial charge is 0.283 e. The van der Waals surface area contributed by atoms with E-state index in [1.165, 1.54) is 18.2 Å². The largest absolute Gasteiger partial charge is 0.348 e. The summed E-state index contributed by atoms with van der Waals surface area (Å²) in [6, 6.07) is 4.19. The van der Waals surface area contributed by atoms with Crippen molar-refractivity contribution in [1.82, 2.24) is 10.6 Å². The predicted molar refractivity (Wildman–Crippen MR) is 66.8 cm³/mol. The van der Waals surface area contributed by atoms with Crippen LogP contribution in [-0.4, -0.2) is 30.0 Å². The molecule has 1 aliphatic heterocycles. The van der Waals surface area contributed by atoms with Crippen molar-refractivity contribution in [1.29, 1.82) is 0 Å². The third kappa shape index (κ3) is 2.60. The fourth-order valence-corrected chi connectivity index (χ4v) is 2.18. The Bertz CT molecular complexity index is 486. The van der Waals surface area contributed by atoms with Crippen LogP contribution in [0.25, 0.3) is 0 Å². The zero-order chi connectivity index (χ0) is 13.1. The highest BCUT2D eigenvalue weighted by Crippen LogP contribution is 2.26. The first-order chi connectivity index (χ1) is 8.59. The SMILES string of the molecule is O=C(N[C@H]1CCNC1)c1c(Cl)cccc1[N+](=O)[O-]. The van der Waals surface area contributed by atoms with Crippen LogP contribution in [0.3, 0.4) is 0 Å². The summed E-state index contributed by atoms with van der Waals surface area (Å²) in [4.78, 5) is 22.3. The van der Waals surface area contributed by atoms with E-state index in [1.807, 2.05) is 0 Å². The van der Waals surface area contributed by atoms with Gasteiger partial charge in [0.25, 0.3) is 11.6 Å². The van der Waals surface area contributed by atoms with E-state index in [0.29, 0.717) is 6.54 Å². The van der Waals surface area contributed by atoms with Crippen molar-refractivity contribution in [3.05, 3.63) is 38.9 Å². The molecule has 0 radical (unpaired) electrons. The molecule has 6 nitrogen and oxygen atoms in total. The van der Waals surface area contributed by atoms with Crippen molar-refractivity contribution in [3.8, 4) is 0 Å².